The number of nitriles is 1. The lowest BCUT2D eigenvalue weighted by atomic mass is 10.0. The zero-order valence-electron chi connectivity index (χ0n) is 10.1. The summed E-state index contributed by atoms with van der Waals surface area (Å²) in [5.41, 5.74) is 1.99. The van der Waals surface area contributed by atoms with Crippen LogP contribution >= 0.6 is 0 Å². The third kappa shape index (κ3) is 1.72. The molecule has 1 amide bonds. The summed E-state index contributed by atoms with van der Waals surface area (Å²) in [6.07, 6.45) is 0. The topological polar surface area (TPSA) is 70.4 Å². The van der Waals surface area contributed by atoms with E-state index in [0.29, 0.717) is 11.1 Å². The van der Waals surface area contributed by atoms with Crippen molar-refractivity contribution in [3.05, 3.63) is 34.9 Å². The minimum atomic E-state index is -0.716. The van der Waals surface area contributed by atoms with Gasteiger partial charge in [0, 0.05) is 11.1 Å². The Labute approximate surface area is 105 Å². The van der Waals surface area contributed by atoms with Crippen molar-refractivity contribution in [1.82, 2.24) is 4.90 Å². The average Bonchev–Trinajstić information content (AvgIpc) is 2.63. The quantitative estimate of drug-likeness (QED) is 0.732. The molecule has 5 heteroatoms. The van der Waals surface area contributed by atoms with Gasteiger partial charge in [-0.05, 0) is 12.5 Å². The molecule has 0 aromatic heterocycles. The van der Waals surface area contributed by atoms with Gasteiger partial charge in [0.25, 0.3) is 5.91 Å². The molecule has 1 unspecified atom stereocenters. The molecule has 2 rings (SSSR count). The molecule has 1 aliphatic heterocycles. The summed E-state index contributed by atoms with van der Waals surface area (Å²) in [7, 11) is 1.25. The molecule has 0 bridgehead atoms. The zero-order valence-corrected chi connectivity index (χ0v) is 10.1. The number of aryl methyl sites for hydroxylation is 1. The fourth-order valence-corrected chi connectivity index (χ4v) is 2.15. The second-order valence-electron chi connectivity index (χ2n) is 4.08. The van der Waals surface area contributed by atoms with Gasteiger partial charge in [-0.2, -0.15) is 5.26 Å². The lowest BCUT2D eigenvalue weighted by Crippen LogP contribution is -2.33. The Morgan fingerprint density at radius 2 is 2.28 bits per heavy atom. The van der Waals surface area contributed by atoms with Gasteiger partial charge in [0.15, 0.2) is 0 Å². The molecule has 0 aliphatic carbocycles. The predicted octanol–water partition coefficient (Wildman–Crippen LogP) is 1.19. The number of rotatable bonds is 2. The number of carbonyl (C=O) groups is 2. The van der Waals surface area contributed by atoms with Crippen molar-refractivity contribution in [2.45, 2.75) is 13.0 Å². The molecule has 0 N–H and O–H groups in total. The van der Waals surface area contributed by atoms with Crippen LogP contribution in [0.1, 0.15) is 27.5 Å². The van der Waals surface area contributed by atoms with Crippen LogP contribution < -0.4 is 0 Å². The molecular weight excluding hydrogens is 232 g/mol. The molecule has 1 aliphatic rings. The molecule has 0 fully saturated rings. The molecule has 1 aromatic carbocycles. The van der Waals surface area contributed by atoms with Crippen LogP contribution in [0.2, 0.25) is 0 Å². The van der Waals surface area contributed by atoms with Crippen molar-refractivity contribution < 1.29 is 14.3 Å². The van der Waals surface area contributed by atoms with Gasteiger partial charge in [0.1, 0.15) is 12.6 Å². The normalized spacial score (nSPS) is 17.3. The SMILES string of the molecule is COC(=O)CN1C(=O)c2c(C)cccc2C1C#N. The first-order valence-corrected chi connectivity index (χ1v) is 5.47. The number of amides is 1. The number of esters is 1. The van der Waals surface area contributed by atoms with E-state index in [1.54, 1.807) is 12.1 Å². The molecule has 92 valence electrons. The van der Waals surface area contributed by atoms with Crippen molar-refractivity contribution in [3.8, 4) is 6.07 Å². The van der Waals surface area contributed by atoms with Crippen molar-refractivity contribution in [3.63, 3.8) is 0 Å². The zero-order chi connectivity index (χ0) is 13.3. The summed E-state index contributed by atoms with van der Waals surface area (Å²) >= 11 is 0. The molecule has 1 heterocycles. The molecule has 1 atom stereocenters. The standard InChI is InChI=1S/C13H12N2O3/c1-8-4-3-5-9-10(6-14)15(7-11(16)18-2)13(17)12(8)9/h3-5,10H,7H2,1-2H3. The molecule has 18 heavy (non-hydrogen) atoms. The lowest BCUT2D eigenvalue weighted by Gasteiger charge is -2.18. The lowest BCUT2D eigenvalue weighted by molar-refractivity contribution is -0.141. The second-order valence-corrected chi connectivity index (χ2v) is 4.08. The molecule has 1 aromatic rings. The Bertz CT molecular complexity index is 560. The summed E-state index contributed by atoms with van der Waals surface area (Å²) in [5.74, 6) is -0.825. The van der Waals surface area contributed by atoms with Crippen molar-refractivity contribution in [1.29, 1.82) is 5.26 Å². The Morgan fingerprint density at radius 3 is 2.89 bits per heavy atom. The smallest absolute Gasteiger partial charge is 0.325 e. The number of methoxy groups -OCH3 is 1. The van der Waals surface area contributed by atoms with Crippen LogP contribution in [-0.4, -0.2) is 30.4 Å². The number of carbonyl (C=O) groups excluding carboxylic acids is 2. The van der Waals surface area contributed by atoms with Crippen LogP contribution in [-0.2, 0) is 9.53 Å². The van der Waals surface area contributed by atoms with Gasteiger partial charge in [-0.3, -0.25) is 9.59 Å². The third-order valence-electron chi connectivity index (χ3n) is 3.04. The highest BCUT2D eigenvalue weighted by Gasteiger charge is 2.38. The van der Waals surface area contributed by atoms with Gasteiger partial charge in [0.2, 0.25) is 0 Å². The first-order valence-electron chi connectivity index (χ1n) is 5.47. The van der Waals surface area contributed by atoms with Crippen molar-refractivity contribution in [2.75, 3.05) is 13.7 Å². The van der Waals surface area contributed by atoms with Gasteiger partial charge in [0.05, 0.1) is 13.2 Å². The molecule has 0 saturated carbocycles. The van der Waals surface area contributed by atoms with Crippen LogP contribution in [0, 0.1) is 18.3 Å². The van der Waals surface area contributed by atoms with E-state index in [-0.39, 0.29) is 12.5 Å². The largest absolute Gasteiger partial charge is 0.468 e. The van der Waals surface area contributed by atoms with E-state index in [4.69, 9.17) is 0 Å². The summed E-state index contributed by atoms with van der Waals surface area (Å²) in [4.78, 5) is 24.7. The van der Waals surface area contributed by atoms with E-state index in [1.165, 1.54) is 12.0 Å². The maximum atomic E-state index is 12.2. The van der Waals surface area contributed by atoms with E-state index >= 15 is 0 Å². The molecule has 5 nitrogen and oxygen atoms in total. The van der Waals surface area contributed by atoms with Gasteiger partial charge in [-0.15, -0.1) is 0 Å². The van der Waals surface area contributed by atoms with Crippen LogP contribution in [0.25, 0.3) is 0 Å². The number of ether oxygens (including phenoxy) is 1. The minimum absolute atomic E-state index is 0.207. The Morgan fingerprint density at radius 1 is 1.56 bits per heavy atom. The van der Waals surface area contributed by atoms with Crippen LogP contribution in [0.15, 0.2) is 18.2 Å². The van der Waals surface area contributed by atoms with Crippen LogP contribution in [0.3, 0.4) is 0 Å². The number of fused-ring (bicyclic) bond motifs is 1. The van der Waals surface area contributed by atoms with Gasteiger partial charge < -0.3 is 9.64 Å². The van der Waals surface area contributed by atoms with Crippen molar-refractivity contribution >= 4 is 11.9 Å². The summed E-state index contributed by atoms with van der Waals surface area (Å²) in [5, 5.41) is 9.18. The second kappa shape index (κ2) is 4.49. The van der Waals surface area contributed by atoms with Gasteiger partial charge >= 0.3 is 5.97 Å². The van der Waals surface area contributed by atoms with E-state index in [1.807, 2.05) is 13.0 Å². The van der Waals surface area contributed by atoms with E-state index < -0.39 is 12.0 Å². The average molecular weight is 244 g/mol. The summed E-state index contributed by atoms with van der Waals surface area (Å²) in [6, 6.07) is 6.69. The van der Waals surface area contributed by atoms with Crippen LogP contribution in [0.4, 0.5) is 0 Å². The molecular formula is C13H12N2O3. The monoisotopic (exact) mass is 244 g/mol. The Kier molecular flexibility index (Phi) is 3.02. The Hall–Kier alpha value is -2.35. The third-order valence-corrected chi connectivity index (χ3v) is 3.04. The maximum Gasteiger partial charge on any atom is 0.325 e. The summed E-state index contributed by atoms with van der Waals surface area (Å²) in [6.45, 7) is 1.61. The van der Waals surface area contributed by atoms with Crippen molar-refractivity contribution in [2.24, 2.45) is 0 Å². The highest BCUT2D eigenvalue weighted by atomic mass is 16.5. The first-order chi connectivity index (χ1) is 8.60. The van der Waals surface area contributed by atoms with E-state index in [0.717, 1.165) is 5.56 Å². The number of benzene rings is 1. The number of hydrogen-bond donors (Lipinski definition) is 0. The molecule has 0 radical (unpaired) electrons. The maximum absolute atomic E-state index is 12.2. The van der Waals surface area contributed by atoms with E-state index in [9.17, 15) is 14.9 Å². The highest BCUT2D eigenvalue weighted by molar-refractivity contribution is 6.02. The van der Waals surface area contributed by atoms with Crippen LogP contribution in [0.5, 0.6) is 0 Å². The number of nitrogens with zero attached hydrogens (tertiary/aromatic N) is 2. The predicted molar refractivity (Wildman–Crippen MR) is 62.6 cm³/mol. The minimum Gasteiger partial charge on any atom is -0.468 e. The number of hydrogen-bond acceptors (Lipinski definition) is 4. The fourth-order valence-electron chi connectivity index (χ4n) is 2.15. The van der Waals surface area contributed by atoms with Gasteiger partial charge in [-0.25, -0.2) is 0 Å². The van der Waals surface area contributed by atoms with E-state index in [2.05, 4.69) is 10.8 Å². The fraction of sp³-hybridized carbons (Fsp3) is 0.308. The molecule has 0 spiro atoms. The molecule has 0 saturated heterocycles. The highest BCUT2D eigenvalue weighted by Crippen LogP contribution is 2.34. The van der Waals surface area contributed by atoms with Gasteiger partial charge in [-0.1, -0.05) is 18.2 Å². The summed E-state index contributed by atoms with van der Waals surface area (Å²) < 4.78 is 4.54. The first kappa shape index (κ1) is 12.1. The Balaban J connectivity index is 2.44.